The molecule has 4 rings (SSSR count). The molecule has 3 aromatic rings. The van der Waals surface area contributed by atoms with Crippen LogP contribution in [0.4, 0.5) is 13.2 Å². The third kappa shape index (κ3) is 5.51. The van der Waals surface area contributed by atoms with E-state index in [1.54, 1.807) is 10.7 Å². The van der Waals surface area contributed by atoms with E-state index in [9.17, 15) is 13.2 Å². The minimum atomic E-state index is -4.34. The van der Waals surface area contributed by atoms with Gasteiger partial charge in [0.05, 0.1) is 24.1 Å². The molecule has 1 aromatic carbocycles. The van der Waals surface area contributed by atoms with Crippen molar-refractivity contribution in [1.82, 2.24) is 19.7 Å². The fraction of sp³-hybridized carbons (Fsp3) is 0.391. The molecule has 2 aromatic heterocycles. The van der Waals surface area contributed by atoms with Crippen LogP contribution >= 0.6 is 0 Å². The van der Waals surface area contributed by atoms with Gasteiger partial charge >= 0.3 is 6.18 Å². The van der Waals surface area contributed by atoms with E-state index in [2.05, 4.69) is 15.0 Å². The summed E-state index contributed by atoms with van der Waals surface area (Å²) in [5.41, 5.74) is 3.71. The van der Waals surface area contributed by atoms with Gasteiger partial charge in [-0.05, 0) is 42.7 Å². The number of aryl methyl sites for hydroxylation is 2. The van der Waals surface area contributed by atoms with Crippen LogP contribution in [0.15, 0.2) is 48.8 Å². The second kappa shape index (κ2) is 8.80. The maximum Gasteiger partial charge on any atom is 0.416 e. The smallest absolute Gasteiger partial charge is 0.369 e. The molecule has 0 bridgehead atoms. The first-order chi connectivity index (χ1) is 14.8. The standard InChI is InChI=1S/C23H25F3N4O/c1-16-8-18(9-17-4-3-5-20(10-17)23(24,25)26)11-21(28-16)22-15-30(6-7-31-22)14-19-12-27-29(2)13-19/h3-5,8,10-13,22H,6-7,9,14-15H2,1-2H3. The number of benzene rings is 1. The van der Waals surface area contributed by atoms with Gasteiger partial charge in [0.2, 0.25) is 0 Å². The van der Waals surface area contributed by atoms with E-state index in [4.69, 9.17) is 4.74 Å². The van der Waals surface area contributed by atoms with Crippen molar-refractivity contribution < 1.29 is 17.9 Å². The Balaban J connectivity index is 1.49. The van der Waals surface area contributed by atoms with E-state index in [-0.39, 0.29) is 6.10 Å². The maximum absolute atomic E-state index is 13.0. The van der Waals surface area contributed by atoms with Crippen molar-refractivity contribution in [1.29, 1.82) is 0 Å². The summed E-state index contributed by atoms with van der Waals surface area (Å²) >= 11 is 0. The number of hydrogen-bond acceptors (Lipinski definition) is 4. The van der Waals surface area contributed by atoms with E-state index < -0.39 is 11.7 Å². The highest BCUT2D eigenvalue weighted by Gasteiger charge is 2.30. The zero-order valence-electron chi connectivity index (χ0n) is 17.6. The van der Waals surface area contributed by atoms with Crippen LogP contribution in [0.3, 0.4) is 0 Å². The molecule has 0 aliphatic carbocycles. The summed E-state index contributed by atoms with van der Waals surface area (Å²) in [6.07, 6.45) is -0.244. The van der Waals surface area contributed by atoms with Gasteiger partial charge in [0, 0.05) is 44.1 Å². The highest BCUT2D eigenvalue weighted by Crippen LogP contribution is 2.30. The summed E-state index contributed by atoms with van der Waals surface area (Å²) in [4.78, 5) is 6.96. The van der Waals surface area contributed by atoms with Crippen LogP contribution in [-0.4, -0.2) is 39.4 Å². The van der Waals surface area contributed by atoms with Gasteiger partial charge < -0.3 is 4.74 Å². The molecule has 0 saturated carbocycles. The highest BCUT2D eigenvalue weighted by molar-refractivity contribution is 5.32. The summed E-state index contributed by atoms with van der Waals surface area (Å²) in [7, 11) is 1.90. The molecular weight excluding hydrogens is 405 g/mol. The van der Waals surface area contributed by atoms with Gasteiger partial charge in [-0.15, -0.1) is 0 Å². The molecule has 31 heavy (non-hydrogen) atoms. The second-order valence-electron chi connectivity index (χ2n) is 8.03. The Kier molecular flexibility index (Phi) is 6.11. The normalized spacial score (nSPS) is 17.8. The molecule has 0 N–H and O–H groups in total. The van der Waals surface area contributed by atoms with E-state index in [1.807, 2.05) is 38.5 Å². The number of pyridine rings is 1. The lowest BCUT2D eigenvalue weighted by molar-refractivity contribution is -0.137. The Labute approximate surface area is 179 Å². The fourth-order valence-electron chi connectivity index (χ4n) is 3.97. The van der Waals surface area contributed by atoms with Crippen molar-refractivity contribution in [3.05, 3.63) is 82.4 Å². The van der Waals surface area contributed by atoms with Gasteiger partial charge in [0.1, 0.15) is 6.10 Å². The molecule has 5 nitrogen and oxygen atoms in total. The molecular formula is C23H25F3N4O. The van der Waals surface area contributed by atoms with Crippen molar-refractivity contribution in [3.8, 4) is 0 Å². The molecule has 1 aliphatic rings. The van der Waals surface area contributed by atoms with E-state index >= 15 is 0 Å². The molecule has 0 amide bonds. The van der Waals surface area contributed by atoms with Gasteiger partial charge in [0.25, 0.3) is 0 Å². The van der Waals surface area contributed by atoms with E-state index in [0.717, 1.165) is 41.7 Å². The minimum absolute atomic E-state index is 0.175. The molecule has 164 valence electrons. The Morgan fingerprint density at radius 3 is 2.71 bits per heavy atom. The molecule has 1 aliphatic heterocycles. The Hall–Kier alpha value is -2.71. The van der Waals surface area contributed by atoms with Gasteiger partial charge in [0.15, 0.2) is 0 Å². The Morgan fingerprint density at radius 1 is 1.13 bits per heavy atom. The van der Waals surface area contributed by atoms with Crippen LogP contribution in [0.2, 0.25) is 0 Å². The molecule has 8 heteroatoms. The number of hydrogen-bond donors (Lipinski definition) is 0. The van der Waals surface area contributed by atoms with Crippen molar-refractivity contribution in [2.45, 2.75) is 32.2 Å². The van der Waals surface area contributed by atoms with Gasteiger partial charge in [-0.25, -0.2) is 0 Å². The number of nitrogens with zero attached hydrogens (tertiary/aromatic N) is 4. The first-order valence-corrected chi connectivity index (χ1v) is 10.2. The third-order valence-electron chi connectivity index (χ3n) is 5.34. The van der Waals surface area contributed by atoms with E-state index in [0.29, 0.717) is 25.1 Å². The topological polar surface area (TPSA) is 43.2 Å². The number of aromatic nitrogens is 3. The monoisotopic (exact) mass is 430 g/mol. The molecule has 1 atom stereocenters. The van der Waals surface area contributed by atoms with Crippen molar-refractivity contribution in [3.63, 3.8) is 0 Å². The van der Waals surface area contributed by atoms with Gasteiger partial charge in [-0.1, -0.05) is 18.2 Å². The first kappa shape index (κ1) is 21.5. The summed E-state index contributed by atoms with van der Waals surface area (Å²) in [6, 6.07) is 9.35. The van der Waals surface area contributed by atoms with E-state index in [1.165, 1.54) is 12.1 Å². The van der Waals surface area contributed by atoms with Gasteiger partial charge in [-0.2, -0.15) is 18.3 Å². The quantitative estimate of drug-likeness (QED) is 0.605. The number of rotatable bonds is 5. The van der Waals surface area contributed by atoms with Gasteiger partial charge in [-0.3, -0.25) is 14.6 Å². The Morgan fingerprint density at radius 2 is 1.97 bits per heavy atom. The van der Waals surface area contributed by atoms with Crippen LogP contribution in [0.5, 0.6) is 0 Å². The SMILES string of the molecule is Cc1cc(Cc2cccc(C(F)(F)F)c2)cc(C2CN(Cc3cnn(C)c3)CCO2)n1. The number of halogens is 3. The number of morpholine rings is 1. The zero-order valence-corrected chi connectivity index (χ0v) is 17.6. The van der Waals surface area contributed by atoms with Crippen LogP contribution in [0.1, 0.15) is 39.7 Å². The third-order valence-corrected chi connectivity index (χ3v) is 5.34. The molecule has 1 unspecified atom stereocenters. The highest BCUT2D eigenvalue weighted by atomic mass is 19.4. The Bertz CT molecular complexity index is 1050. The first-order valence-electron chi connectivity index (χ1n) is 10.2. The van der Waals surface area contributed by atoms with Crippen molar-refractivity contribution in [2.24, 2.45) is 7.05 Å². The van der Waals surface area contributed by atoms with Crippen molar-refractivity contribution >= 4 is 0 Å². The molecule has 1 saturated heterocycles. The lowest BCUT2D eigenvalue weighted by Gasteiger charge is -2.32. The lowest BCUT2D eigenvalue weighted by Crippen LogP contribution is -2.38. The van der Waals surface area contributed by atoms with Crippen LogP contribution in [0.25, 0.3) is 0 Å². The zero-order chi connectivity index (χ0) is 22.0. The average Bonchev–Trinajstić information content (AvgIpc) is 3.12. The predicted octanol–water partition coefficient (Wildman–Crippen LogP) is 4.31. The molecule has 1 fully saturated rings. The maximum atomic E-state index is 13.0. The number of alkyl halides is 3. The molecule has 0 radical (unpaired) electrons. The molecule has 3 heterocycles. The van der Waals surface area contributed by atoms with Crippen LogP contribution in [-0.2, 0) is 30.9 Å². The summed E-state index contributed by atoms with van der Waals surface area (Å²) in [6.45, 7) is 4.82. The predicted molar refractivity (Wildman–Crippen MR) is 110 cm³/mol. The van der Waals surface area contributed by atoms with Crippen LogP contribution < -0.4 is 0 Å². The lowest BCUT2D eigenvalue weighted by atomic mass is 10.0. The number of ether oxygens (including phenoxy) is 1. The fourth-order valence-corrected chi connectivity index (χ4v) is 3.97. The summed E-state index contributed by atoms with van der Waals surface area (Å²) < 4.78 is 46.9. The minimum Gasteiger partial charge on any atom is -0.369 e. The van der Waals surface area contributed by atoms with Crippen LogP contribution in [0, 0.1) is 6.92 Å². The largest absolute Gasteiger partial charge is 0.416 e. The molecule has 0 spiro atoms. The van der Waals surface area contributed by atoms with Crippen molar-refractivity contribution in [2.75, 3.05) is 19.7 Å². The average molecular weight is 430 g/mol. The second-order valence-corrected chi connectivity index (χ2v) is 8.03. The summed E-state index contributed by atoms with van der Waals surface area (Å²) in [5, 5.41) is 4.22. The summed E-state index contributed by atoms with van der Waals surface area (Å²) in [5.74, 6) is 0.